The van der Waals surface area contributed by atoms with E-state index in [1.54, 1.807) is 7.11 Å². The van der Waals surface area contributed by atoms with Gasteiger partial charge in [0.15, 0.2) is 0 Å². The van der Waals surface area contributed by atoms with Crippen molar-refractivity contribution in [2.45, 2.75) is 18.9 Å². The van der Waals surface area contributed by atoms with Gasteiger partial charge in [-0.3, -0.25) is 4.90 Å². The van der Waals surface area contributed by atoms with Crippen LogP contribution in [0.1, 0.15) is 12.8 Å². The molecule has 1 aliphatic rings. The largest absolute Gasteiger partial charge is 0.383 e. The zero-order chi connectivity index (χ0) is 10.2. The molecule has 0 bridgehead atoms. The van der Waals surface area contributed by atoms with Crippen molar-refractivity contribution in [1.29, 1.82) is 0 Å². The fourth-order valence-corrected chi connectivity index (χ4v) is 1.86. The zero-order valence-corrected chi connectivity index (χ0v) is 8.97. The predicted molar refractivity (Wildman–Crippen MR) is 55.3 cm³/mol. The Balaban J connectivity index is 2.18. The van der Waals surface area contributed by atoms with Crippen molar-refractivity contribution < 1.29 is 9.13 Å². The molecule has 84 valence electrons. The molecule has 14 heavy (non-hydrogen) atoms. The molecule has 1 atom stereocenters. The fourth-order valence-electron chi connectivity index (χ4n) is 1.86. The van der Waals surface area contributed by atoms with Crippen LogP contribution in [0, 0.1) is 0 Å². The molecule has 4 heteroatoms. The van der Waals surface area contributed by atoms with Crippen molar-refractivity contribution in [3.63, 3.8) is 0 Å². The average Bonchev–Trinajstić information content (AvgIpc) is 2.67. The van der Waals surface area contributed by atoms with Crippen molar-refractivity contribution in [1.82, 2.24) is 10.2 Å². The Hall–Kier alpha value is -0.190. The highest BCUT2D eigenvalue weighted by Crippen LogP contribution is 2.06. The van der Waals surface area contributed by atoms with Gasteiger partial charge in [-0.2, -0.15) is 0 Å². The minimum Gasteiger partial charge on any atom is -0.383 e. The van der Waals surface area contributed by atoms with Gasteiger partial charge in [-0.25, -0.2) is 4.39 Å². The van der Waals surface area contributed by atoms with Crippen molar-refractivity contribution in [3.05, 3.63) is 0 Å². The fraction of sp³-hybridized carbons (Fsp3) is 1.00. The molecule has 0 saturated carbocycles. The maximum atomic E-state index is 12.2. The van der Waals surface area contributed by atoms with Crippen LogP contribution in [0.15, 0.2) is 0 Å². The highest BCUT2D eigenvalue weighted by molar-refractivity contribution is 4.77. The molecule has 0 aromatic rings. The van der Waals surface area contributed by atoms with Crippen LogP contribution in [-0.4, -0.2) is 57.5 Å². The van der Waals surface area contributed by atoms with Crippen LogP contribution in [0.25, 0.3) is 0 Å². The summed E-state index contributed by atoms with van der Waals surface area (Å²) in [5.74, 6) is 0. The lowest BCUT2D eigenvalue weighted by Crippen LogP contribution is -2.40. The van der Waals surface area contributed by atoms with Gasteiger partial charge in [0.05, 0.1) is 6.61 Å². The highest BCUT2D eigenvalue weighted by atomic mass is 19.1. The van der Waals surface area contributed by atoms with E-state index in [1.165, 1.54) is 12.8 Å². The third-order valence-electron chi connectivity index (χ3n) is 2.65. The van der Waals surface area contributed by atoms with Gasteiger partial charge in [-0.05, 0) is 19.4 Å². The van der Waals surface area contributed by atoms with Gasteiger partial charge in [0.1, 0.15) is 6.67 Å². The van der Waals surface area contributed by atoms with Crippen LogP contribution in [0.4, 0.5) is 4.39 Å². The molecule has 1 rings (SSSR count). The molecule has 1 N–H and O–H groups in total. The van der Waals surface area contributed by atoms with Crippen molar-refractivity contribution in [2.75, 3.05) is 46.6 Å². The second-order valence-electron chi connectivity index (χ2n) is 3.78. The first kappa shape index (κ1) is 11.9. The van der Waals surface area contributed by atoms with E-state index in [0.29, 0.717) is 19.2 Å². The van der Waals surface area contributed by atoms with E-state index < -0.39 is 0 Å². The predicted octanol–water partition coefficient (Wildman–Crippen LogP) is 0.656. The molecule has 0 aromatic carbocycles. The smallest absolute Gasteiger partial charge is 0.102 e. The molecule has 1 aliphatic heterocycles. The molecule has 0 aliphatic carbocycles. The number of alkyl halides is 1. The minimum absolute atomic E-state index is 0.267. The molecule has 1 fully saturated rings. The van der Waals surface area contributed by atoms with Crippen LogP contribution in [0.3, 0.4) is 0 Å². The molecule has 0 amide bonds. The third kappa shape index (κ3) is 4.35. The minimum atomic E-state index is -0.267. The van der Waals surface area contributed by atoms with Gasteiger partial charge in [0.2, 0.25) is 0 Å². The quantitative estimate of drug-likeness (QED) is 0.659. The van der Waals surface area contributed by atoms with Crippen LogP contribution in [0.2, 0.25) is 0 Å². The Kier molecular flexibility index (Phi) is 6.07. The van der Waals surface area contributed by atoms with E-state index in [1.807, 2.05) is 0 Å². The van der Waals surface area contributed by atoms with E-state index in [4.69, 9.17) is 4.74 Å². The molecule has 1 saturated heterocycles. The van der Waals surface area contributed by atoms with Crippen LogP contribution in [-0.2, 0) is 4.74 Å². The van der Waals surface area contributed by atoms with Crippen LogP contribution < -0.4 is 5.32 Å². The van der Waals surface area contributed by atoms with Gasteiger partial charge in [0, 0.05) is 32.8 Å². The summed E-state index contributed by atoms with van der Waals surface area (Å²) < 4.78 is 17.2. The number of nitrogens with one attached hydrogen (secondary N) is 1. The first-order valence-corrected chi connectivity index (χ1v) is 5.37. The van der Waals surface area contributed by atoms with Crippen molar-refractivity contribution >= 4 is 0 Å². The van der Waals surface area contributed by atoms with Crippen LogP contribution in [0.5, 0.6) is 0 Å². The summed E-state index contributed by atoms with van der Waals surface area (Å²) in [6, 6.07) is 0.554. The number of ether oxygens (including phenoxy) is 1. The van der Waals surface area contributed by atoms with Crippen molar-refractivity contribution in [2.24, 2.45) is 0 Å². The number of halogens is 1. The number of hydrogen-bond donors (Lipinski definition) is 1. The van der Waals surface area contributed by atoms with Crippen LogP contribution >= 0.6 is 0 Å². The number of hydrogen-bond acceptors (Lipinski definition) is 3. The summed E-state index contributed by atoms with van der Waals surface area (Å²) >= 11 is 0. The molecule has 0 aromatic heterocycles. The summed E-state index contributed by atoms with van der Waals surface area (Å²) in [4.78, 5) is 2.13. The first-order valence-electron chi connectivity index (χ1n) is 5.37. The highest BCUT2D eigenvalue weighted by Gasteiger charge is 2.17. The standard InChI is InChI=1S/C10H21FN2O/c1-14-8-7-13(6-4-11)9-10-3-2-5-12-10/h10,12H,2-9H2,1H3. The number of rotatable bonds is 7. The van der Waals surface area contributed by atoms with Gasteiger partial charge in [-0.1, -0.05) is 0 Å². The van der Waals surface area contributed by atoms with Gasteiger partial charge in [0.25, 0.3) is 0 Å². The lowest BCUT2D eigenvalue weighted by Gasteiger charge is -2.24. The Morgan fingerprint density at radius 1 is 1.50 bits per heavy atom. The molecule has 0 spiro atoms. The normalized spacial score (nSPS) is 22.1. The molecular formula is C10H21FN2O. The SMILES string of the molecule is COCCN(CCF)CC1CCCN1. The maximum absolute atomic E-state index is 12.2. The Morgan fingerprint density at radius 3 is 2.93 bits per heavy atom. The third-order valence-corrected chi connectivity index (χ3v) is 2.65. The molecule has 0 radical (unpaired) electrons. The lowest BCUT2D eigenvalue weighted by atomic mass is 10.2. The topological polar surface area (TPSA) is 24.5 Å². The Bertz CT molecular complexity index is 140. The van der Waals surface area contributed by atoms with Gasteiger partial charge < -0.3 is 10.1 Å². The monoisotopic (exact) mass is 204 g/mol. The average molecular weight is 204 g/mol. The van der Waals surface area contributed by atoms with Gasteiger partial charge in [-0.15, -0.1) is 0 Å². The second kappa shape index (κ2) is 7.15. The summed E-state index contributed by atoms with van der Waals surface area (Å²) in [6.07, 6.45) is 2.47. The summed E-state index contributed by atoms with van der Waals surface area (Å²) in [6.45, 7) is 3.84. The maximum Gasteiger partial charge on any atom is 0.102 e. The summed E-state index contributed by atoms with van der Waals surface area (Å²) in [5.41, 5.74) is 0. The summed E-state index contributed by atoms with van der Waals surface area (Å²) in [7, 11) is 1.68. The second-order valence-corrected chi connectivity index (χ2v) is 3.78. The molecule has 1 heterocycles. The van der Waals surface area contributed by atoms with E-state index in [2.05, 4.69) is 10.2 Å². The van der Waals surface area contributed by atoms with E-state index in [-0.39, 0.29) is 6.67 Å². The molecule has 3 nitrogen and oxygen atoms in total. The lowest BCUT2D eigenvalue weighted by molar-refractivity contribution is 0.137. The molecule has 1 unspecified atom stereocenters. The summed E-state index contributed by atoms with van der Waals surface area (Å²) in [5, 5.41) is 3.42. The van der Waals surface area contributed by atoms with E-state index >= 15 is 0 Å². The van der Waals surface area contributed by atoms with Gasteiger partial charge >= 0.3 is 0 Å². The first-order chi connectivity index (χ1) is 6.86. The number of methoxy groups -OCH3 is 1. The Labute approximate surface area is 85.6 Å². The Morgan fingerprint density at radius 2 is 2.36 bits per heavy atom. The van der Waals surface area contributed by atoms with E-state index in [0.717, 1.165) is 19.6 Å². The van der Waals surface area contributed by atoms with E-state index in [9.17, 15) is 4.39 Å². The molecular weight excluding hydrogens is 183 g/mol. The number of nitrogens with zero attached hydrogens (tertiary/aromatic N) is 1. The van der Waals surface area contributed by atoms with Crippen molar-refractivity contribution in [3.8, 4) is 0 Å². The zero-order valence-electron chi connectivity index (χ0n) is 8.97.